The Morgan fingerprint density at radius 3 is 1.58 bits per heavy atom. The van der Waals surface area contributed by atoms with Crippen LogP contribution in [0.15, 0.2) is 59.5 Å². The Bertz CT molecular complexity index is 851. The minimum Gasteiger partial charge on any atom is -0.399 e. The molecule has 0 fully saturated rings. The largest absolute Gasteiger partial charge is 0.399 e. The van der Waals surface area contributed by atoms with Crippen molar-refractivity contribution in [2.45, 2.75) is 102 Å². The molecule has 2 N–H and O–H groups in total. The van der Waals surface area contributed by atoms with Gasteiger partial charge in [0.15, 0.2) is 0 Å². The molecule has 0 bridgehead atoms. The summed E-state index contributed by atoms with van der Waals surface area (Å²) in [6, 6.07) is 15.8. The standard InChI is InChI=1S/C28H44N2O2S/c1-2-3-4-5-6-7-8-9-10-11-12-13-14-18-25-30(27-19-16-15-17-20-27)33(31,32)28-23-21-26(29)22-24-28/h15-17,19-24H,2-14,18,25,29H2,1H3. The van der Waals surface area contributed by atoms with E-state index in [1.165, 1.54) is 77.0 Å². The lowest BCUT2D eigenvalue weighted by atomic mass is 10.0. The summed E-state index contributed by atoms with van der Waals surface area (Å²) in [7, 11) is -3.61. The molecule has 0 saturated heterocycles. The van der Waals surface area contributed by atoms with Crippen molar-refractivity contribution in [1.29, 1.82) is 0 Å². The Hall–Kier alpha value is -2.01. The lowest BCUT2D eigenvalue weighted by Crippen LogP contribution is -2.32. The van der Waals surface area contributed by atoms with Crippen LogP contribution in [-0.4, -0.2) is 15.0 Å². The van der Waals surface area contributed by atoms with Gasteiger partial charge in [0.1, 0.15) is 0 Å². The van der Waals surface area contributed by atoms with Crippen LogP contribution in [0.4, 0.5) is 11.4 Å². The molecular weight excluding hydrogens is 428 g/mol. The Balaban J connectivity index is 1.69. The lowest BCUT2D eigenvalue weighted by Gasteiger charge is -2.24. The van der Waals surface area contributed by atoms with Crippen LogP contribution >= 0.6 is 0 Å². The van der Waals surface area contributed by atoms with Gasteiger partial charge in [-0.05, 0) is 42.8 Å². The van der Waals surface area contributed by atoms with Crippen molar-refractivity contribution in [3.63, 3.8) is 0 Å². The van der Waals surface area contributed by atoms with E-state index in [0.29, 0.717) is 17.9 Å². The first kappa shape index (κ1) is 27.2. The molecule has 0 spiro atoms. The predicted octanol–water partition coefficient (Wildman–Crippen LogP) is 7.95. The minimum absolute atomic E-state index is 0.283. The van der Waals surface area contributed by atoms with Crippen LogP contribution in [0.2, 0.25) is 0 Å². The number of unbranched alkanes of at least 4 members (excludes halogenated alkanes) is 13. The third-order valence-corrected chi connectivity index (χ3v) is 8.07. The fourth-order valence-corrected chi connectivity index (χ4v) is 5.70. The van der Waals surface area contributed by atoms with Crippen molar-refractivity contribution in [3.05, 3.63) is 54.6 Å². The van der Waals surface area contributed by atoms with Crippen molar-refractivity contribution in [1.82, 2.24) is 0 Å². The number of nitrogens with two attached hydrogens (primary N) is 1. The van der Waals surface area contributed by atoms with Crippen LogP contribution in [0.1, 0.15) is 96.8 Å². The molecule has 4 nitrogen and oxygen atoms in total. The van der Waals surface area contributed by atoms with E-state index in [1.807, 2.05) is 30.3 Å². The van der Waals surface area contributed by atoms with E-state index >= 15 is 0 Å². The first-order valence-electron chi connectivity index (χ1n) is 13.0. The number of sulfonamides is 1. The zero-order valence-corrected chi connectivity index (χ0v) is 21.4. The second-order valence-corrected chi connectivity index (χ2v) is 10.9. The smallest absolute Gasteiger partial charge is 0.264 e. The quantitative estimate of drug-likeness (QED) is 0.177. The summed E-state index contributed by atoms with van der Waals surface area (Å²) in [4.78, 5) is 0.283. The summed E-state index contributed by atoms with van der Waals surface area (Å²) in [5, 5.41) is 0. The number of hydrogen-bond donors (Lipinski definition) is 1. The van der Waals surface area contributed by atoms with Crippen LogP contribution in [0.3, 0.4) is 0 Å². The van der Waals surface area contributed by atoms with Gasteiger partial charge in [0.2, 0.25) is 0 Å². The second-order valence-electron chi connectivity index (χ2n) is 9.08. The van der Waals surface area contributed by atoms with E-state index in [1.54, 1.807) is 28.6 Å². The van der Waals surface area contributed by atoms with E-state index in [4.69, 9.17) is 5.73 Å². The predicted molar refractivity (Wildman–Crippen MR) is 142 cm³/mol. The van der Waals surface area contributed by atoms with Crippen molar-refractivity contribution < 1.29 is 8.42 Å². The molecule has 2 aromatic carbocycles. The van der Waals surface area contributed by atoms with E-state index in [2.05, 4.69) is 6.92 Å². The van der Waals surface area contributed by atoms with E-state index < -0.39 is 10.0 Å². The monoisotopic (exact) mass is 472 g/mol. The highest BCUT2D eigenvalue weighted by molar-refractivity contribution is 7.92. The Labute approximate surface area is 202 Å². The molecule has 0 aromatic heterocycles. The average molecular weight is 473 g/mol. The van der Waals surface area contributed by atoms with E-state index in [9.17, 15) is 8.42 Å². The van der Waals surface area contributed by atoms with E-state index in [0.717, 1.165) is 12.8 Å². The van der Waals surface area contributed by atoms with Crippen molar-refractivity contribution in [2.75, 3.05) is 16.6 Å². The van der Waals surface area contributed by atoms with Gasteiger partial charge in [-0.25, -0.2) is 8.42 Å². The Kier molecular flexibility index (Phi) is 13.0. The summed E-state index contributed by atoms with van der Waals surface area (Å²) in [6.07, 6.45) is 18.0. The number of nitrogens with zero attached hydrogens (tertiary/aromatic N) is 1. The summed E-state index contributed by atoms with van der Waals surface area (Å²) in [5.41, 5.74) is 7.02. The zero-order chi connectivity index (χ0) is 23.8. The molecule has 5 heteroatoms. The van der Waals surface area contributed by atoms with Gasteiger partial charge in [0, 0.05) is 12.2 Å². The van der Waals surface area contributed by atoms with Crippen LogP contribution in [0.5, 0.6) is 0 Å². The van der Waals surface area contributed by atoms with Gasteiger partial charge >= 0.3 is 0 Å². The van der Waals surface area contributed by atoms with Crippen LogP contribution < -0.4 is 10.0 Å². The minimum atomic E-state index is -3.61. The number of para-hydroxylation sites is 1. The molecule has 33 heavy (non-hydrogen) atoms. The molecule has 0 aliphatic carbocycles. The number of anilines is 2. The van der Waals surface area contributed by atoms with E-state index in [-0.39, 0.29) is 4.90 Å². The maximum atomic E-state index is 13.3. The summed E-state index contributed by atoms with van der Waals surface area (Å²) < 4.78 is 28.1. The van der Waals surface area contributed by atoms with Gasteiger partial charge in [-0.3, -0.25) is 4.31 Å². The number of nitrogen functional groups attached to an aromatic ring is 1. The second kappa shape index (κ2) is 15.8. The van der Waals surface area contributed by atoms with Gasteiger partial charge < -0.3 is 5.73 Å². The van der Waals surface area contributed by atoms with Crippen LogP contribution in [0.25, 0.3) is 0 Å². The summed E-state index contributed by atoms with van der Waals surface area (Å²) >= 11 is 0. The summed E-state index contributed by atoms with van der Waals surface area (Å²) in [5.74, 6) is 0. The Morgan fingerprint density at radius 2 is 1.09 bits per heavy atom. The van der Waals surface area contributed by atoms with Crippen LogP contribution in [-0.2, 0) is 10.0 Å². The van der Waals surface area contributed by atoms with Gasteiger partial charge in [-0.1, -0.05) is 109 Å². The fourth-order valence-electron chi connectivity index (χ4n) is 4.20. The molecule has 0 radical (unpaired) electrons. The molecule has 2 aromatic rings. The van der Waals surface area contributed by atoms with Gasteiger partial charge in [-0.15, -0.1) is 0 Å². The highest BCUT2D eigenvalue weighted by atomic mass is 32.2. The normalized spacial score (nSPS) is 11.5. The third-order valence-electron chi connectivity index (χ3n) is 6.23. The number of hydrogen-bond acceptors (Lipinski definition) is 3. The summed E-state index contributed by atoms with van der Waals surface area (Å²) in [6.45, 7) is 2.76. The molecule has 0 aliphatic heterocycles. The van der Waals surface area contributed by atoms with Crippen LogP contribution in [0, 0.1) is 0 Å². The molecule has 0 amide bonds. The van der Waals surface area contributed by atoms with Crippen molar-refractivity contribution in [2.24, 2.45) is 0 Å². The third kappa shape index (κ3) is 10.2. The van der Waals surface area contributed by atoms with Gasteiger partial charge in [0.25, 0.3) is 10.0 Å². The average Bonchev–Trinajstić information content (AvgIpc) is 2.82. The number of benzene rings is 2. The fraction of sp³-hybridized carbons (Fsp3) is 0.571. The lowest BCUT2D eigenvalue weighted by molar-refractivity contribution is 0.535. The highest BCUT2D eigenvalue weighted by Crippen LogP contribution is 2.25. The maximum Gasteiger partial charge on any atom is 0.264 e. The SMILES string of the molecule is CCCCCCCCCCCCCCCCN(c1ccccc1)S(=O)(=O)c1ccc(N)cc1. The molecule has 0 atom stereocenters. The molecule has 0 unspecified atom stereocenters. The van der Waals surface area contributed by atoms with Crippen molar-refractivity contribution in [3.8, 4) is 0 Å². The highest BCUT2D eigenvalue weighted by Gasteiger charge is 2.24. The first-order chi connectivity index (χ1) is 16.1. The Morgan fingerprint density at radius 1 is 0.636 bits per heavy atom. The first-order valence-corrected chi connectivity index (χ1v) is 14.4. The molecule has 184 valence electrons. The topological polar surface area (TPSA) is 63.4 Å². The molecule has 0 aliphatic rings. The van der Waals surface area contributed by atoms with Gasteiger partial charge in [-0.2, -0.15) is 0 Å². The molecular formula is C28H44N2O2S. The molecule has 0 saturated carbocycles. The molecule has 0 heterocycles. The maximum absolute atomic E-state index is 13.3. The zero-order valence-electron chi connectivity index (χ0n) is 20.6. The van der Waals surface area contributed by atoms with Crippen molar-refractivity contribution >= 4 is 21.4 Å². The van der Waals surface area contributed by atoms with Gasteiger partial charge in [0.05, 0.1) is 10.6 Å². The molecule has 2 rings (SSSR count). The number of rotatable bonds is 18.